The monoisotopic (exact) mass is 207 g/mol. The molecule has 0 aliphatic carbocycles. The number of fused-ring (bicyclic) bond motifs is 1. The maximum Gasteiger partial charge on any atom is 0.138 e. The van der Waals surface area contributed by atoms with Crippen molar-refractivity contribution < 1.29 is 4.74 Å². The lowest BCUT2D eigenvalue weighted by Crippen LogP contribution is -1.86. The van der Waals surface area contributed by atoms with Crippen LogP contribution >= 0.6 is 11.6 Å². The summed E-state index contributed by atoms with van der Waals surface area (Å²) in [7, 11) is 1.61. The number of ether oxygens (including phenoxy) is 1. The zero-order valence-corrected chi connectivity index (χ0v) is 8.80. The summed E-state index contributed by atoms with van der Waals surface area (Å²) in [6.45, 7) is 1.96. The fourth-order valence-corrected chi connectivity index (χ4v) is 1.66. The number of aromatic nitrogens is 1. The lowest BCUT2D eigenvalue weighted by Gasteiger charge is -2.05. The Morgan fingerprint density at radius 1 is 1.21 bits per heavy atom. The lowest BCUT2D eigenvalue weighted by atomic mass is 10.1. The molecule has 0 amide bonds. The van der Waals surface area contributed by atoms with Crippen LogP contribution in [0.5, 0.6) is 5.75 Å². The fourth-order valence-electron chi connectivity index (χ4n) is 1.41. The average Bonchev–Trinajstić information content (AvgIpc) is 2.17. The average molecular weight is 208 g/mol. The van der Waals surface area contributed by atoms with E-state index in [1.807, 2.05) is 31.3 Å². The molecule has 0 aliphatic rings. The van der Waals surface area contributed by atoms with Crippen LogP contribution in [0.1, 0.15) is 5.69 Å². The highest BCUT2D eigenvalue weighted by atomic mass is 35.5. The Balaban J connectivity index is 2.73. The van der Waals surface area contributed by atoms with Crippen molar-refractivity contribution >= 4 is 22.4 Å². The van der Waals surface area contributed by atoms with Gasteiger partial charge in [0, 0.05) is 17.3 Å². The van der Waals surface area contributed by atoms with Crippen LogP contribution in [0.25, 0.3) is 10.8 Å². The quantitative estimate of drug-likeness (QED) is 0.717. The molecule has 0 unspecified atom stereocenters. The molecule has 0 saturated heterocycles. The summed E-state index contributed by atoms with van der Waals surface area (Å²) in [6.07, 6.45) is 1.82. The highest BCUT2D eigenvalue weighted by Crippen LogP contribution is 2.29. The number of methoxy groups -OCH3 is 1. The van der Waals surface area contributed by atoms with Gasteiger partial charge in [-0.05, 0) is 30.5 Å². The maximum atomic E-state index is 5.99. The maximum absolute atomic E-state index is 5.99. The largest absolute Gasteiger partial charge is 0.495 e. The second-order valence-corrected chi connectivity index (χ2v) is 3.57. The van der Waals surface area contributed by atoms with Gasteiger partial charge in [-0.2, -0.15) is 0 Å². The normalized spacial score (nSPS) is 10.5. The van der Waals surface area contributed by atoms with E-state index in [1.165, 1.54) is 0 Å². The van der Waals surface area contributed by atoms with Crippen molar-refractivity contribution in [3.05, 3.63) is 35.1 Å². The molecule has 0 atom stereocenters. The standard InChI is InChI=1S/C11H10ClNO/c1-7-3-8-5-11(14-2)10(12)4-9(8)6-13-7/h3-6H,1-2H3. The number of pyridine rings is 1. The first-order valence-corrected chi connectivity index (χ1v) is 4.68. The van der Waals surface area contributed by atoms with Crippen LogP contribution in [0.15, 0.2) is 24.4 Å². The molecular formula is C11H10ClNO. The number of rotatable bonds is 1. The Bertz CT molecular complexity index is 482. The van der Waals surface area contributed by atoms with Crippen LogP contribution < -0.4 is 4.74 Å². The molecule has 0 aliphatic heterocycles. The smallest absolute Gasteiger partial charge is 0.138 e. The van der Waals surface area contributed by atoms with Crippen LogP contribution in [0.4, 0.5) is 0 Å². The summed E-state index contributed by atoms with van der Waals surface area (Å²) in [6, 6.07) is 5.79. The minimum Gasteiger partial charge on any atom is -0.495 e. The van der Waals surface area contributed by atoms with Crippen molar-refractivity contribution in [3.8, 4) is 5.75 Å². The molecule has 1 heterocycles. The topological polar surface area (TPSA) is 22.1 Å². The van der Waals surface area contributed by atoms with Crippen molar-refractivity contribution in [2.24, 2.45) is 0 Å². The predicted octanol–water partition coefficient (Wildman–Crippen LogP) is 3.21. The summed E-state index contributed by atoms with van der Waals surface area (Å²) in [5, 5.41) is 2.74. The summed E-state index contributed by atoms with van der Waals surface area (Å²) >= 11 is 5.99. The van der Waals surface area contributed by atoms with Crippen molar-refractivity contribution in [1.82, 2.24) is 4.98 Å². The Kier molecular flexibility index (Phi) is 2.30. The highest BCUT2D eigenvalue weighted by Gasteiger charge is 2.03. The highest BCUT2D eigenvalue weighted by molar-refractivity contribution is 6.32. The van der Waals surface area contributed by atoms with Gasteiger partial charge < -0.3 is 4.74 Å². The second-order valence-electron chi connectivity index (χ2n) is 3.16. The van der Waals surface area contributed by atoms with Gasteiger partial charge in [-0.3, -0.25) is 4.98 Å². The summed E-state index contributed by atoms with van der Waals surface area (Å²) in [5.74, 6) is 0.699. The van der Waals surface area contributed by atoms with Gasteiger partial charge in [0.2, 0.25) is 0 Å². The van der Waals surface area contributed by atoms with E-state index in [2.05, 4.69) is 4.98 Å². The molecule has 1 aromatic heterocycles. The first kappa shape index (κ1) is 9.28. The van der Waals surface area contributed by atoms with Gasteiger partial charge in [-0.1, -0.05) is 11.6 Å². The van der Waals surface area contributed by atoms with Crippen LogP contribution in [-0.4, -0.2) is 12.1 Å². The van der Waals surface area contributed by atoms with Gasteiger partial charge in [0.05, 0.1) is 12.1 Å². The number of aryl methyl sites for hydroxylation is 1. The van der Waals surface area contributed by atoms with Crippen LogP contribution in [0, 0.1) is 6.92 Å². The van der Waals surface area contributed by atoms with Crippen LogP contribution in [-0.2, 0) is 0 Å². The fraction of sp³-hybridized carbons (Fsp3) is 0.182. The summed E-state index contributed by atoms with van der Waals surface area (Å²) < 4.78 is 5.14. The lowest BCUT2D eigenvalue weighted by molar-refractivity contribution is 0.415. The minimum atomic E-state index is 0.616. The van der Waals surface area contributed by atoms with E-state index < -0.39 is 0 Å². The Labute approximate surface area is 87.5 Å². The molecule has 0 fully saturated rings. The molecule has 2 rings (SSSR count). The molecule has 1 aromatic carbocycles. The van der Waals surface area contributed by atoms with E-state index in [1.54, 1.807) is 7.11 Å². The van der Waals surface area contributed by atoms with Crippen molar-refractivity contribution in [3.63, 3.8) is 0 Å². The third kappa shape index (κ3) is 1.53. The molecule has 72 valence electrons. The van der Waals surface area contributed by atoms with Gasteiger partial charge >= 0.3 is 0 Å². The second kappa shape index (κ2) is 3.46. The van der Waals surface area contributed by atoms with Crippen LogP contribution in [0.3, 0.4) is 0 Å². The zero-order valence-electron chi connectivity index (χ0n) is 8.04. The number of hydrogen-bond donors (Lipinski definition) is 0. The third-order valence-electron chi connectivity index (χ3n) is 2.13. The minimum absolute atomic E-state index is 0.616. The molecule has 2 nitrogen and oxygen atoms in total. The first-order valence-electron chi connectivity index (χ1n) is 4.30. The Hall–Kier alpha value is -1.28. The molecule has 0 bridgehead atoms. The van der Waals surface area contributed by atoms with Crippen molar-refractivity contribution in [2.45, 2.75) is 6.92 Å². The molecule has 0 spiro atoms. The van der Waals surface area contributed by atoms with Crippen molar-refractivity contribution in [1.29, 1.82) is 0 Å². The van der Waals surface area contributed by atoms with Gasteiger partial charge in [0.1, 0.15) is 5.75 Å². The van der Waals surface area contributed by atoms with E-state index in [0.717, 1.165) is 16.5 Å². The van der Waals surface area contributed by atoms with E-state index in [-0.39, 0.29) is 0 Å². The Morgan fingerprint density at radius 2 is 2.00 bits per heavy atom. The van der Waals surface area contributed by atoms with E-state index in [0.29, 0.717) is 10.8 Å². The number of benzene rings is 1. The SMILES string of the molecule is COc1cc2cc(C)ncc2cc1Cl. The van der Waals surface area contributed by atoms with E-state index in [9.17, 15) is 0 Å². The van der Waals surface area contributed by atoms with E-state index >= 15 is 0 Å². The first-order chi connectivity index (χ1) is 6.70. The zero-order chi connectivity index (χ0) is 10.1. The molecule has 3 heteroatoms. The number of halogens is 1. The van der Waals surface area contributed by atoms with Gasteiger partial charge in [-0.25, -0.2) is 0 Å². The van der Waals surface area contributed by atoms with Crippen LogP contribution in [0.2, 0.25) is 5.02 Å². The Morgan fingerprint density at radius 3 is 2.71 bits per heavy atom. The number of hydrogen-bond acceptors (Lipinski definition) is 2. The van der Waals surface area contributed by atoms with Gasteiger partial charge in [0.25, 0.3) is 0 Å². The molecule has 0 saturated carbocycles. The molecule has 14 heavy (non-hydrogen) atoms. The summed E-state index contributed by atoms with van der Waals surface area (Å²) in [5.41, 5.74) is 0.988. The van der Waals surface area contributed by atoms with Gasteiger partial charge in [-0.15, -0.1) is 0 Å². The molecule has 0 N–H and O–H groups in total. The molecule has 0 radical (unpaired) electrons. The summed E-state index contributed by atoms with van der Waals surface area (Å²) in [4.78, 5) is 4.20. The third-order valence-corrected chi connectivity index (χ3v) is 2.42. The predicted molar refractivity (Wildman–Crippen MR) is 58.0 cm³/mol. The molecular weight excluding hydrogens is 198 g/mol. The van der Waals surface area contributed by atoms with E-state index in [4.69, 9.17) is 16.3 Å². The number of nitrogens with zero attached hydrogens (tertiary/aromatic N) is 1. The van der Waals surface area contributed by atoms with Crippen molar-refractivity contribution in [2.75, 3.05) is 7.11 Å². The van der Waals surface area contributed by atoms with Gasteiger partial charge in [0.15, 0.2) is 0 Å². The molecule has 2 aromatic rings.